The monoisotopic (exact) mass is 258 g/mol. The molecule has 0 bridgehead atoms. The van der Waals surface area contributed by atoms with Gasteiger partial charge in [0.1, 0.15) is 5.60 Å². The Kier molecular flexibility index (Phi) is 7.01. The second kappa shape index (κ2) is 7.16. The molecule has 1 fully saturated rings. The molecule has 17 heavy (non-hydrogen) atoms. The zero-order valence-corrected chi connectivity index (χ0v) is 11.6. The van der Waals surface area contributed by atoms with Crippen LogP contribution in [0.15, 0.2) is 0 Å². The van der Waals surface area contributed by atoms with Crippen molar-refractivity contribution in [1.82, 2.24) is 4.90 Å². The molecule has 1 rings (SSSR count). The molecule has 1 atom stereocenters. The van der Waals surface area contributed by atoms with Gasteiger partial charge in [0, 0.05) is 39.1 Å². The third-order valence-corrected chi connectivity index (χ3v) is 3.41. The number of ether oxygens (including phenoxy) is 1. The van der Waals surface area contributed by atoms with E-state index in [0.717, 1.165) is 11.5 Å². The molecule has 0 saturated carbocycles. The van der Waals surface area contributed by atoms with E-state index in [1.54, 1.807) is 4.90 Å². The third kappa shape index (κ3) is 5.68. The number of hydrogen-bond acceptors (Lipinski definition) is 4. The molecule has 1 N–H and O–H groups in total. The second-order valence-corrected chi connectivity index (χ2v) is 6.06. The summed E-state index contributed by atoms with van der Waals surface area (Å²) in [7, 11) is 0. The Morgan fingerprint density at radius 1 is 1.53 bits per heavy atom. The summed E-state index contributed by atoms with van der Waals surface area (Å²) in [6.45, 7) is 6.43. The smallest absolute Gasteiger partial charge is 0.410 e. The lowest BCUT2D eigenvalue weighted by Crippen LogP contribution is -2.48. The lowest BCUT2D eigenvalue weighted by Gasteiger charge is -2.36. The highest BCUT2D eigenvalue weighted by atomic mass is 32.2. The van der Waals surface area contributed by atoms with E-state index in [9.17, 15) is 4.79 Å². The van der Waals surface area contributed by atoms with Crippen molar-refractivity contribution in [3.63, 3.8) is 0 Å². The molecule has 1 saturated heterocycles. The topological polar surface area (TPSA) is 49.8 Å². The Balaban J connectivity index is 0.00000256. The number of amides is 1. The van der Waals surface area contributed by atoms with Crippen LogP contribution in [0.4, 0.5) is 4.79 Å². The van der Waals surface area contributed by atoms with E-state index in [0.29, 0.717) is 13.0 Å². The SMILES string of the molecule is CC(C)(C)OC(=O)N1CCSCC1CCO.[B]. The molecule has 0 aromatic carbocycles. The first-order valence-corrected chi connectivity index (χ1v) is 6.78. The van der Waals surface area contributed by atoms with Crippen LogP contribution in [0.3, 0.4) is 0 Å². The van der Waals surface area contributed by atoms with Gasteiger partial charge in [0.25, 0.3) is 0 Å². The van der Waals surface area contributed by atoms with Gasteiger partial charge >= 0.3 is 6.09 Å². The molecule has 0 aromatic rings. The molecule has 1 aliphatic rings. The predicted octanol–water partition coefficient (Wildman–Crippen LogP) is 1.34. The fourth-order valence-corrected chi connectivity index (χ4v) is 2.72. The summed E-state index contributed by atoms with van der Waals surface area (Å²) in [5, 5.41) is 8.96. The third-order valence-electron chi connectivity index (χ3n) is 2.32. The minimum absolute atomic E-state index is 0. The van der Waals surface area contributed by atoms with Crippen LogP contribution in [-0.2, 0) is 4.74 Å². The second-order valence-electron chi connectivity index (χ2n) is 4.91. The maximum atomic E-state index is 11.9. The van der Waals surface area contributed by atoms with Crippen LogP contribution in [0.1, 0.15) is 27.2 Å². The Bertz CT molecular complexity index is 243. The summed E-state index contributed by atoms with van der Waals surface area (Å²) in [6, 6.07) is 0.110. The highest BCUT2D eigenvalue weighted by Gasteiger charge is 2.30. The van der Waals surface area contributed by atoms with Crippen molar-refractivity contribution >= 4 is 26.3 Å². The van der Waals surface area contributed by atoms with E-state index in [2.05, 4.69) is 0 Å². The van der Waals surface area contributed by atoms with Crippen LogP contribution >= 0.6 is 11.8 Å². The maximum Gasteiger partial charge on any atom is 0.410 e. The fourth-order valence-electron chi connectivity index (χ4n) is 1.60. The quantitative estimate of drug-likeness (QED) is 0.759. The summed E-state index contributed by atoms with van der Waals surface area (Å²) >= 11 is 1.82. The Hall–Kier alpha value is -0.355. The normalized spacial score (nSPS) is 20.7. The van der Waals surface area contributed by atoms with Gasteiger partial charge in [-0.05, 0) is 27.2 Å². The van der Waals surface area contributed by atoms with Gasteiger partial charge in [-0.1, -0.05) is 0 Å². The summed E-state index contributed by atoms with van der Waals surface area (Å²) in [5.74, 6) is 1.83. The first kappa shape index (κ1) is 16.6. The molecule has 1 heterocycles. The molecule has 97 valence electrons. The summed E-state index contributed by atoms with van der Waals surface area (Å²) < 4.78 is 5.35. The van der Waals surface area contributed by atoms with E-state index in [1.807, 2.05) is 32.5 Å². The van der Waals surface area contributed by atoms with Gasteiger partial charge in [0.15, 0.2) is 0 Å². The minimum atomic E-state index is -0.453. The zero-order chi connectivity index (χ0) is 12.2. The molecule has 0 spiro atoms. The van der Waals surface area contributed by atoms with Crippen LogP contribution in [0.2, 0.25) is 0 Å². The van der Waals surface area contributed by atoms with E-state index < -0.39 is 5.60 Å². The van der Waals surface area contributed by atoms with Gasteiger partial charge in [-0.3, -0.25) is 0 Å². The van der Waals surface area contributed by atoms with Crippen LogP contribution in [0.5, 0.6) is 0 Å². The van der Waals surface area contributed by atoms with Crippen molar-refractivity contribution in [2.45, 2.75) is 38.8 Å². The van der Waals surface area contributed by atoms with Crippen LogP contribution in [0.25, 0.3) is 0 Å². The molecule has 0 aromatic heterocycles. The molecular weight excluding hydrogens is 237 g/mol. The van der Waals surface area contributed by atoms with Crippen LogP contribution in [-0.4, -0.2) is 60.8 Å². The molecule has 1 aliphatic heterocycles. The fraction of sp³-hybridized carbons (Fsp3) is 0.909. The van der Waals surface area contributed by atoms with Crippen molar-refractivity contribution in [3.8, 4) is 0 Å². The number of carbonyl (C=O) groups excluding carboxylic acids is 1. The Labute approximate surface area is 110 Å². The van der Waals surface area contributed by atoms with E-state index in [4.69, 9.17) is 9.84 Å². The van der Waals surface area contributed by atoms with Gasteiger partial charge < -0.3 is 14.7 Å². The number of carbonyl (C=O) groups is 1. The summed E-state index contributed by atoms with van der Waals surface area (Å²) in [4.78, 5) is 13.7. The molecule has 0 aliphatic carbocycles. The standard InChI is InChI=1S/C11H21NO3S.B/c1-11(2,3)15-10(14)12-5-7-16-8-9(12)4-6-13;/h9,13H,4-8H2,1-3H3;. The van der Waals surface area contributed by atoms with Crippen molar-refractivity contribution in [1.29, 1.82) is 0 Å². The van der Waals surface area contributed by atoms with E-state index in [-0.39, 0.29) is 27.2 Å². The number of hydrogen-bond donors (Lipinski definition) is 1. The number of aliphatic hydroxyl groups excluding tert-OH is 1. The molecule has 1 amide bonds. The predicted molar refractivity (Wildman–Crippen MR) is 71.5 cm³/mol. The van der Waals surface area contributed by atoms with Crippen molar-refractivity contribution < 1.29 is 14.6 Å². The summed E-state index contributed by atoms with van der Waals surface area (Å²) in [5.41, 5.74) is -0.453. The van der Waals surface area contributed by atoms with Crippen molar-refractivity contribution in [3.05, 3.63) is 0 Å². The highest BCUT2D eigenvalue weighted by Crippen LogP contribution is 2.21. The Morgan fingerprint density at radius 2 is 2.18 bits per heavy atom. The largest absolute Gasteiger partial charge is 0.444 e. The molecular formula is C11H21BNO3S. The first-order valence-electron chi connectivity index (χ1n) is 5.62. The van der Waals surface area contributed by atoms with Crippen molar-refractivity contribution in [2.75, 3.05) is 24.7 Å². The van der Waals surface area contributed by atoms with Gasteiger partial charge in [0.05, 0.1) is 0 Å². The first-order chi connectivity index (χ1) is 7.44. The lowest BCUT2D eigenvalue weighted by atomic mass is 10.2. The number of nitrogens with zero attached hydrogens (tertiary/aromatic N) is 1. The summed E-state index contributed by atoms with van der Waals surface area (Å²) in [6.07, 6.45) is 0.373. The zero-order valence-electron chi connectivity index (χ0n) is 10.8. The number of thioether (sulfide) groups is 1. The highest BCUT2D eigenvalue weighted by molar-refractivity contribution is 7.99. The van der Waals surface area contributed by atoms with Gasteiger partial charge in [-0.15, -0.1) is 0 Å². The van der Waals surface area contributed by atoms with Crippen molar-refractivity contribution in [2.24, 2.45) is 0 Å². The van der Waals surface area contributed by atoms with Gasteiger partial charge in [-0.25, -0.2) is 4.79 Å². The average Bonchev–Trinajstić information content (AvgIpc) is 2.16. The molecule has 4 nitrogen and oxygen atoms in total. The van der Waals surface area contributed by atoms with Gasteiger partial charge in [0.2, 0.25) is 0 Å². The van der Waals surface area contributed by atoms with E-state index >= 15 is 0 Å². The van der Waals surface area contributed by atoms with Crippen LogP contribution < -0.4 is 0 Å². The molecule has 6 heteroatoms. The van der Waals surface area contributed by atoms with Gasteiger partial charge in [-0.2, -0.15) is 11.8 Å². The molecule has 1 unspecified atom stereocenters. The van der Waals surface area contributed by atoms with E-state index in [1.165, 1.54) is 0 Å². The number of rotatable bonds is 2. The maximum absolute atomic E-state index is 11.9. The number of aliphatic hydroxyl groups is 1. The minimum Gasteiger partial charge on any atom is -0.444 e. The average molecular weight is 258 g/mol. The van der Waals surface area contributed by atoms with Crippen LogP contribution in [0, 0.1) is 0 Å². The Morgan fingerprint density at radius 3 is 2.71 bits per heavy atom. The molecule has 3 radical (unpaired) electrons. The lowest BCUT2D eigenvalue weighted by molar-refractivity contribution is 0.0167.